The van der Waals surface area contributed by atoms with Crippen LogP contribution in [0, 0.1) is 0 Å². The molecule has 0 aliphatic carbocycles. The van der Waals surface area contributed by atoms with E-state index in [4.69, 9.17) is 9.15 Å². The summed E-state index contributed by atoms with van der Waals surface area (Å²) >= 11 is 0. The van der Waals surface area contributed by atoms with Gasteiger partial charge in [-0.3, -0.25) is 0 Å². The van der Waals surface area contributed by atoms with Gasteiger partial charge >= 0.3 is 0 Å². The van der Waals surface area contributed by atoms with Crippen molar-refractivity contribution in [3.8, 4) is 0 Å². The van der Waals surface area contributed by atoms with Crippen molar-refractivity contribution < 1.29 is 9.15 Å². The van der Waals surface area contributed by atoms with Crippen molar-refractivity contribution in [2.75, 3.05) is 7.11 Å². The highest BCUT2D eigenvalue weighted by Crippen LogP contribution is 2.23. The van der Waals surface area contributed by atoms with E-state index in [0.717, 1.165) is 16.9 Å². The highest BCUT2D eigenvalue weighted by molar-refractivity contribution is 5.76. The molecule has 2 rings (SSSR count). The lowest BCUT2D eigenvalue weighted by atomic mass is 10.1. The highest BCUT2D eigenvalue weighted by atomic mass is 16.5. The lowest BCUT2D eigenvalue weighted by molar-refractivity contribution is 0.339. The highest BCUT2D eigenvalue weighted by Gasteiger charge is 2.07. The van der Waals surface area contributed by atoms with E-state index in [-0.39, 0.29) is 0 Å². The minimum absolute atomic E-state index is 0.808. The molecule has 2 nitrogen and oxygen atoms in total. The van der Waals surface area contributed by atoms with Gasteiger partial charge in [-0.15, -0.1) is 0 Å². The van der Waals surface area contributed by atoms with Crippen molar-refractivity contribution in [1.82, 2.24) is 0 Å². The van der Waals surface area contributed by atoms with Crippen LogP contribution in [0.15, 0.2) is 59.4 Å². The third-order valence-electron chi connectivity index (χ3n) is 2.11. The van der Waals surface area contributed by atoms with E-state index in [1.807, 2.05) is 42.5 Å². The van der Waals surface area contributed by atoms with E-state index >= 15 is 0 Å². The van der Waals surface area contributed by atoms with Crippen LogP contribution in [0.2, 0.25) is 0 Å². The van der Waals surface area contributed by atoms with E-state index in [1.165, 1.54) is 0 Å². The molecular weight excluding hydrogens is 188 g/mol. The van der Waals surface area contributed by atoms with Crippen molar-refractivity contribution in [2.24, 2.45) is 0 Å². The van der Waals surface area contributed by atoms with Gasteiger partial charge in [-0.05, 0) is 17.7 Å². The second-order valence-corrected chi connectivity index (χ2v) is 3.11. The molecule has 0 atom stereocenters. The molecule has 2 heteroatoms. The Morgan fingerprint density at radius 2 is 1.93 bits per heavy atom. The molecule has 76 valence electrons. The molecule has 0 N–H and O–H groups in total. The summed E-state index contributed by atoms with van der Waals surface area (Å²) in [5, 5.41) is 0. The van der Waals surface area contributed by atoms with Gasteiger partial charge in [0.1, 0.15) is 5.76 Å². The summed E-state index contributed by atoms with van der Waals surface area (Å²) in [6, 6.07) is 13.8. The number of furan rings is 1. The van der Waals surface area contributed by atoms with Crippen LogP contribution in [0.5, 0.6) is 0 Å². The molecule has 2 aromatic rings. The maximum atomic E-state index is 5.35. The Kier molecular flexibility index (Phi) is 2.88. The summed E-state index contributed by atoms with van der Waals surface area (Å²) < 4.78 is 10.4. The Balaban J connectivity index is 2.42. The molecule has 0 aliphatic rings. The monoisotopic (exact) mass is 200 g/mol. The summed E-state index contributed by atoms with van der Waals surface area (Å²) in [5.41, 5.74) is 2.03. The molecule has 15 heavy (non-hydrogen) atoms. The Morgan fingerprint density at radius 1 is 1.13 bits per heavy atom. The zero-order valence-corrected chi connectivity index (χ0v) is 8.51. The predicted octanol–water partition coefficient (Wildman–Crippen LogP) is 3.32. The van der Waals surface area contributed by atoms with Crippen LogP contribution < -0.4 is 0 Å². The van der Waals surface area contributed by atoms with Gasteiger partial charge in [0.05, 0.1) is 25.2 Å². The second kappa shape index (κ2) is 4.51. The topological polar surface area (TPSA) is 22.4 Å². The Hall–Kier alpha value is -1.96. The number of benzene rings is 1. The number of methoxy groups -OCH3 is 1. The van der Waals surface area contributed by atoms with Crippen LogP contribution in [-0.4, -0.2) is 7.11 Å². The molecule has 0 bridgehead atoms. The van der Waals surface area contributed by atoms with Crippen LogP contribution in [0.25, 0.3) is 5.57 Å². The molecule has 1 aromatic carbocycles. The minimum atomic E-state index is 0.808. The maximum absolute atomic E-state index is 5.35. The smallest absolute Gasteiger partial charge is 0.137 e. The number of hydrogen-bond donors (Lipinski definition) is 0. The van der Waals surface area contributed by atoms with Crippen LogP contribution in [0.4, 0.5) is 0 Å². The molecule has 0 aliphatic heterocycles. The van der Waals surface area contributed by atoms with Gasteiger partial charge in [0.2, 0.25) is 0 Å². The predicted molar refractivity (Wildman–Crippen MR) is 59.2 cm³/mol. The molecule has 0 radical (unpaired) electrons. The fraction of sp³-hybridized carbons (Fsp3) is 0.0769. The Morgan fingerprint density at radius 3 is 2.53 bits per heavy atom. The van der Waals surface area contributed by atoms with Gasteiger partial charge in [0.25, 0.3) is 0 Å². The van der Waals surface area contributed by atoms with Crippen molar-refractivity contribution in [3.05, 3.63) is 66.3 Å². The summed E-state index contributed by atoms with van der Waals surface area (Å²) in [6.45, 7) is 0. The third kappa shape index (κ3) is 2.10. The van der Waals surface area contributed by atoms with E-state index in [0.29, 0.717) is 0 Å². The molecule has 0 amide bonds. The zero-order chi connectivity index (χ0) is 10.5. The minimum Gasteiger partial charge on any atom is -0.504 e. The van der Waals surface area contributed by atoms with Crippen LogP contribution in [0.3, 0.4) is 0 Å². The summed E-state index contributed by atoms with van der Waals surface area (Å²) in [7, 11) is 1.63. The van der Waals surface area contributed by atoms with Gasteiger partial charge in [0.15, 0.2) is 0 Å². The molecule has 0 fully saturated rings. The van der Waals surface area contributed by atoms with Gasteiger partial charge < -0.3 is 9.15 Å². The third-order valence-corrected chi connectivity index (χ3v) is 2.11. The van der Waals surface area contributed by atoms with Gasteiger partial charge in [-0.2, -0.15) is 0 Å². The first kappa shape index (κ1) is 9.59. The summed E-state index contributed by atoms with van der Waals surface area (Å²) in [5.74, 6) is 0.808. The average Bonchev–Trinajstić information content (AvgIpc) is 2.80. The van der Waals surface area contributed by atoms with Crippen LogP contribution in [0.1, 0.15) is 11.3 Å². The SMILES string of the molecule is COC=C(c1ccccc1)c1ccco1. The second-order valence-electron chi connectivity index (χ2n) is 3.11. The van der Waals surface area contributed by atoms with E-state index < -0.39 is 0 Å². The zero-order valence-electron chi connectivity index (χ0n) is 8.51. The van der Waals surface area contributed by atoms with Crippen molar-refractivity contribution in [3.63, 3.8) is 0 Å². The van der Waals surface area contributed by atoms with Gasteiger partial charge in [0, 0.05) is 0 Å². The lowest BCUT2D eigenvalue weighted by Gasteiger charge is -2.03. The maximum Gasteiger partial charge on any atom is 0.137 e. The molecule has 0 spiro atoms. The van der Waals surface area contributed by atoms with Crippen molar-refractivity contribution >= 4 is 5.57 Å². The van der Waals surface area contributed by atoms with Crippen molar-refractivity contribution in [1.29, 1.82) is 0 Å². The van der Waals surface area contributed by atoms with E-state index in [2.05, 4.69) is 0 Å². The standard InChI is InChI=1S/C13H12O2/c1-14-10-12(13-8-5-9-15-13)11-6-3-2-4-7-11/h2-10H,1H3. The fourth-order valence-corrected chi connectivity index (χ4v) is 1.44. The lowest BCUT2D eigenvalue weighted by Crippen LogP contribution is -1.86. The number of ether oxygens (including phenoxy) is 1. The number of rotatable bonds is 3. The van der Waals surface area contributed by atoms with Crippen LogP contribution in [-0.2, 0) is 4.74 Å². The normalized spacial score (nSPS) is 11.4. The first-order chi connectivity index (χ1) is 7.42. The molecule has 1 heterocycles. The number of hydrogen-bond acceptors (Lipinski definition) is 2. The Bertz CT molecular complexity index is 427. The molecule has 0 saturated carbocycles. The van der Waals surface area contributed by atoms with Crippen molar-refractivity contribution in [2.45, 2.75) is 0 Å². The average molecular weight is 200 g/mol. The van der Waals surface area contributed by atoms with Crippen LogP contribution >= 0.6 is 0 Å². The molecular formula is C13H12O2. The van der Waals surface area contributed by atoms with Gasteiger partial charge in [-0.25, -0.2) is 0 Å². The molecule has 1 aromatic heterocycles. The largest absolute Gasteiger partial charge is 0.504 e. The Labute approximate surface area is 88.8 Å². The quantitative estimate of drug-likeness (QED) is 0.709. The van der Waals surface area contributed by atoms with E-state index in [1.54, 1.807) is 19.6 Å². The first-order valence-corrected chi connectivity index (χ1v) is 4.74. The summed E-state index contributed by atoms with van der Waals surface area (Å²) in [6.07, 6.45) is 3.34. The summed E-state index contributed by atoms with van der Waals surface area (Å²) in [4.78, 5) is 0. The first-order valence-electron chi connectivity index (χ1n) is 4.74. The molecule has 0 saturated heterocycles. The fourth-order valence-electron chi connectivity index (χ4n) is 1.44. The van der Waals surface area contributed by atoms with Gasteiger partial charge in [-0.1, -0.05) is 30.3 Å². The van der Waals surface area contributed by atoms with E-state index in [9.17, 15) is 0 Å². The molecule has 0 unspecified atom stereocenters.